The van der Waals surface area contributed by atoms with Gasteiger partial charge in [-0.2, -0.15) is 5.26 Å². The Morgan fingerprint density at radius 2 is 1.96 bits per heavy atom. The van der Waals surface area contributed by atoms with Gasteiger partial charge in [-0.3, -0.25) is 0 Å². The van der Waals surface area contributed by atoms with E-state index >= 15 is 0 Å². The van der Waals surface area contributed by atoms with Crippen molar-refractivity contribution in [2.45, 2.75) is 26.0 Å². The van der Waals surface area contributed by atoms with Crippen molar-refractivity contribution in [3.05, 3.63) is 60.0 Å². The van der Waals surface area contributed by atoms with E-state index < -0.39 is 0 Å². The second-order valence-electron chi connectivity index (χ2n) is 6.19. The Kier molecular flexibility index (Phi) is 4.28. The van der Waals surface area contributed by atoms with Crippen molar-refractivity contribution >= 4 is 5.69 Å². The van der Waals surface area contributed by atoms with Gasteiger partial charge in [-0.05, 0) is 42.8 Å². The quantitative estimate of drug-likeness (QED) is 0.715. The van der Waals surface area contributed by atoms with E-state index in [0.29, 0.717) is 23.9 Å². The molecule has 1 aromatic heterocycles. The Labute approximate surface area is 151 Å². The van der Waals surface area contributed by atoms with E-state index in [-0.39, 0.29) is 6.10 Å². The second-order valence-corrected chi connectivity index (χ2v) is 6.19. The SMILES string of the molecule is CCC1CN(Cc2nnc(-c3ccc(C#N)cc3)o2)c2ccccc2O1. The topological polar surface area (TPSA) is 75.2 Å². The zero-order chi connectivity index (χ0) is 17.9. The first-order valence-electron chi connectivity index (χ1n) is 8.60. The maximum absolute atomic E-state index is 8.89. The Hall–Kier alpha value is -3.33. The van der Waals surface area contributed by atoms with Crippen molar-refractivity contribution in [1.29, 1.82) is 5.26 Å². The van der Waals surface area contributed by atoms with E-state index in [0.717, 1.165) is 30.0 Å². The van der Waals surface area contributed by atoms with Crippen molar-refractivity contribution < 1.29 is 9.15 Å². The minimum absolute atomic E-state index is 0.144. The average molecular weight is 346 g/mol. The Morgan fingerprint density at radius 1 is 1.15 bits per heavy atom. The highest BCUT2D eigenvalue weighted by Crippen LogP contribution is 2.34. The van der Waals surface area contributed by atoms with Gasteiger partial charge in [0.2, 0.25) is 11.8 Å². The summed E-state index contributed by atoms with van der Waals surface area (Å²) in [5.74, 6) is 1.89. The van der Waals surface area contributed by atoms with Crippen molar-refractivity contribution in [1.82, 2.24) is 10.2 Å². The largest absolute Gasteiger partial charge is 0.486 e. The molecule has 26 heavy (non-hydrogen) atoms. The van der Waals surface area contributed by atoms with Crippen LogP contribution in [0.3, 0.4) is 0 Å². The van der Waals surface area contributed by atoms with E-state index in [2.05, 4.69) is 28.1 Å². The van der Waals surface area contributed by atoms with E-state index in [9.17, 15) is 0 Å². The molecule has 1 unspecified atom stereocenters. The molecule has 0 saturated heterocycles. The number of rotatable bonds is 4. The lowest BCUT2D eigenvalue weighted by Gasteiger charge is -2.35. The van der Waals surface area contributed by atoms with Crippen molar-refractivity contribution in [2.75, 3.05) is 11.4 Å². The summed E-state index contributed by atoms with van der Waals surface area (Å²) >= 11 is 0. The van der Waals surface area contributed by atoms with Crippen LogP contribution in [0.1, 0.15) is 24.8 Å². The summed E-state index contributed by atoms with van der Waals surface area (Å²) in [7, 11) is 0. The van der Waals surface area contributed by atoms with Crippen molar-refractivity contribution in [2.24, 2.45) is 0 Å². The molecule has 0 spiro atoms. The molecule has 4 rings (SSSR count). The number of aromatic nitrogens is 2. The van der Waals surface area contributed by atoms with Crippen LogP contribution in [0.25, 0.3) is 11.5 Å². The van der Waals surface area contributed by atoms with E-state index in [1.807, 2.05) is 36.4 Å². The fourth-order valence-corrected chi connectivity index (χ4v) is 3.03. The highest BCUT2D eigenvalue weighted by atomic mass is 16.5. The van der Waals surface area contributed by atoms with Crippen LogP contribution in [0.5, 0.6) is 5.75 Å². The molecule has 0 amide bonds. The molecule has 3 aromatic rings. The molecule has 0 bridgehead atoms. The first-order valence-corrected chi connectivity index (χ1v) is 8.60. The fourth-order valence-electron chi connectivity index (χ4n) is 3.03. The molecule has 130 valence electrons. The number of anilines is 1. The molecule has 1 atom stereocenters. The van der Waals surface area contributed by atoms with E-state index in [1.54, 1.807) is 12.1 Å². The summed E-state index contributed by atoms with van der Waals surface area (Å²) in [6.45, 7) is 3.43. The lowest BCUT2D eigenvalue weighted by Crippen LogP contribution is -2.39. The fraction of sp³-hybridized carbons (Fsp3) is 0.250. The van der Waals surface area contributed by atoms with Crippen LogP contribution >= 0.6 is 0 Å². The molecule has 0 saturated carbocycles. The number of ether oxygens (including phenoxy) is 1. The summed E-state index contributed by atoms with van der Waals surface area (Å²) in [6.07, 6.45) is 1.08. The second kappa shape index (κ2) is 6.89. The highest BCUT2D eigenvalue weighted by molar-refractivity contribution is 5.60. The third kappa shape index (κ3) is 3.11. The van der Waals surface area contributed by atoms with Gasteiger partial charge in [-0.15, -0.1) is 10.2 Å². The molecule has 0 fully saturated rings. The lowest BCUT2D eigenvalue weighted by molar-refractivity contribution is 0.187. The minimum Gasteiger partial charge on any atom is -0.486 e. The standard InChI is InChI=1S/C20H18N4O2/c1-2-16-12-24(17-5-3-4-6-18(17)25-16)13-19-22-23-20(26-19)15-9-7-14(11-21)8-10-15/h3-10,16H,2,12-13H2,1H3. The predicted molar refractivity (Wildman–Crippen MR) is 96.6 cm³/mol. The average Bonchev–Trinajstić information content (AvgIpc) is 3.16. The zero-order valence-electron chi connectivity index (χ0n) is 14.4. The normalized spacial score (nSPS) is 15.8. The molecule has 0 N–H and O–H groups in total. The minimum atomic E-state index is 0.144. The van der Waals surface area contributed by atoms with Crippen molar-refractivity contribution in [3.63, 3.8) is 0 Å². The molecule has 0 radical (unpaired) electrons. The maximum atomic E-state index is 8.89. The first kappa shape index (κ1) is 16.2. The van der Waals surface area contributed by atoms with Gasteiger partial charge >= 0.3 is 0 Å². The number of hydrogen-bond donors (Lipinski definition) is 0. The number of benzene rings is 2. The smallest absolute Gasteiger partial charge is 0.247 e. The Bertz CT molecular complexity index is 943. The van der Waals surface area contributed by atoms with Crippen LogP contribution in [-0.4, -0.2) is 22.8 Å². The molecule has 6 heteroatoms. The van der Waals surface area contributed by atoms with Crippen LogP contribution in [0.15, 0.2) is 52.9 Å². The van der Waals surface area contributed by atoms with Crippen LogP contribution < -0.4 is 9.64 Å². The third-order valence-electron chi connectivity index (χ3n) is 4.43. The maximum Gasteiger partial charge on any atom is 0.247 e. The number of hydrogen-bond acceptors (Lipinski definition) is 6. The molecule has 1 aliphatic heterocycles. The number of fused-ring (bicyclic) bond motifs is 1. The molecular formula is C20H18N4O2. The molecule has 1 aliphatic rings. The molecule has 2 heterocycles. The summed E-state index contributed by atoms with van der Waals surface area (Å²) in [4.78, 5) is 2.21. The number of nitriles is 1. The summed E-state index contributed by atoms with van der Waals surface area (Å²) in [6, 6.07) is 17.2. The first-order chi connectivity index (χ1) is 12.8. The lowest BCUT2D eigenvalue weighted by atomic mass is 10.1. The third-order valence-corrected chi connectivity index (χ3v) is 4.43. The summed E-state index contributed by atoms with van der Waals surface area (Å²) < 4.78 is 11.9. The highest BCUT2D eigenvalue weighted by Gasteiger charge is 2.25. The number of nitrogens with zero attached hydrogens (tertiary/aromatic N) is 4. The van der Waals surface area contributed by atoms with Crippen LogP contribution in [0.2, 0.25) is 0 Å². The summed E-state index contributed by atoms with van der Waals surface area (Å²) in [5, 5.41) is 17.2. The zero-order valence-corrected chi connectivity index (χ0v) is 14.4. The van der Waals surface area contributed by atoms with Gasteiger partial charge in [0.25, 0.3) is 0 Å². The van der Waals surface area contributed by atoms with Crippen LogP contribution in [0.4, 0.5) is 5.69 Å². The van der Waals surface area contributed by atoms with Gasteiger partial charge in [-0.1, -0.05) is 19.1 Å². The van der Waals surface area contributed by atoms with Gasteiger partial charge in [0.1, 0.15) is 11.9 Å². The van der Waals surface area contributed by atoms with Gasteiger partial charge in [0.05, 0.1) is 30.4 Å². The Balaban J connectivity index is 1.56. The van der Waals surface area contributed by atoms with Gasteiger partial charge < -0.3 is 14.1 Å². The van der Waals surface area contributed by atoms with Crippen molar-refractivity contribution in [3.8, 4) is 23.3 Å². The number of para-hydroxylation sites is 2. The monoisotopic (exact) mass is 346 g/mol. The predicted octanol–water partition coefficient (Wildman–Crippen LogP) is 3.79. The molecule has 6 nitrogen and oxygen atoms in total. The van der Waals surface area contributed by atoms with Gasteiger partial charge in [-0.25, -0.2) is 0 Å². The van der Waals surface area contributed by atoms with E-state index in [4.69, 9.17) is 14.4 Å². The summed E-state index contributed by atoms with van der Waals surface area (Å²) in [5.41, 5.74) is 2.44. The van der Waals surface area contributed by atoms with Gasteiger partial charge in [0.15, 0.2) is 0 Å². The Morgan fingerprint density at radius 3 is 2.73 bits per heavy atom. The van der Waals surface area contributed by atoms with Crippen LogP contribution in [-0.2, 0) is 6.54 Å². The molecule has 0 aliphatic carbocycles. The molecule has 2 aromatic carbocycles. The molecular weight excluding hydrogens is 328 g/mol. The van der Waals surface area contributed by atoms with Gasteiger partial charge in [0, 0.05) is 5.56 Å². The van der Waals surface area contributed by atoms with E-state index in [1.165, 1.54) is 0 Å². The van der Waals surface area contributed by atoms with Crippen LogP contribution in [0, 0.1) is 11.3 Å².